The summed E-state index contributed by atoms with van der Waals surface area (Å²) in [6.45, 7) is 2.98. The molecule has 0 spiro atoms. The molecule has 1 aromatic carbocycles. The minimum atomic E-state index is -1.04. The number of rotatable bonds is 10. The third kappa shape index (κ3) is 7.66. The first kappa shape index (κ1) is 18.2. The van der Waals surface area contributed by atoms with E-state index in [2.05, 4.69) is 6.58 Å². The molecule has 124 valence electrons. The number of carbonyl (C=O) groups excluding carboxylic acids is 2. The maximum Gasteiger partial charge on any atom is 0.330 e. The summed E-state index contributed by atoms with van der Waals surface area (Å²) in [6.07, 6.45) is 1.41. The number of carbonyl (C=O) groups is 3. The Morgan fingerprint density at radius 2 is 1.74 bits per heavy atom. The number of hydrogen-bond acceptors (Lipinski definition) is 6. The molecule has 0 aliphatic heterocycles. The number of esters is 2. The topological polar surface area (TPSA) is 93.1 Å². The highest BCUT2D eigenvalue weighted by Gasteiger charge is 2.15. The van der Waals surface area contributed by atoms with Crippen molar-refractivity contribution >= 4 is 23.6 Å². The number of ether oxygens (including phenoxy) is 2. The van der Waals surface area contributed by atoms with Crippen LogP contribution in [-0.4, -0.2) is 49.3 Å². The quantitative estimate of drug-likeness (QED) is 0.394. The lowest BCUT2D eigenvalue weighted by atomic mass is 10.3. The second-order valence-electron chi connectivity index (χ2n) is 4.53. The number of carboxylic acid groups (broad SMARTS) is 1. The van der Waals surface area contributed by atoms with Gasteiger partial charge in [0.15, 0.2) is 0 Å². The van der Waals surface area contributed by atoms with Crippen LogP contribution in [0.2, 0.25) is 0 Å². The van der Waals surface area contributed by atoms with E-state index in [1.807, 2.05) is 0 Å². The lowest BCUT2D eigenvalue weighted by Crippen LogP contribution is -2.35. The molecule has 0 saturated heterocycles. The average Bonchev–Trinajstić information content (AvgIpc) is 2.54. The van der Waals surface area contributed by atoms with E-state index in [0.717, 1.165) is 6.08 Å². The van der Waals surface area contributed by atoms with Gasteiger partial charge in [-0.15, -0.1) is 0 Å². The van der Waals surface area contributed by atoms with E-state index in [1.54, 1.807) is 30.3 Å². The molecule has 0 unspecified atom stereocenters. The predicted octanol–water partition coefficient (Wildman–Crippen LogP) is 1.24. The van der Waals surface area contributed by atoms with Gasteiger partial charge in [0.05, 0.1) is 13.2 Å². The van der Waals surface area contributed by atoms with Crippen LogP contribution < -0.4 is 4.90 Å². The first-order valence-corrected chi connectivity index (χ1v) is 6.99. The lowest BCUT2D eigenvalue weighted by Gasteiger charge is -2.21. The monoisotopic (exact) mass is 321 g/mol. The summed E-state index contributed by atoms with van der Waals surface area (Å²) >= 11 is 0. The number of nitrogens with zero attached hydrogens (tertiary/aromatic N) is 1. The van der Waals surface area contributed by atoms with E-state index in [9.17, 15) is 14.4 Å². The van der Waals surface area contributed by atoms with Crippen LogP contribution >= 0.6 is 0 Å². The summed E-state index contributed by atoms with van der Waals surface area (Å²) in [6, 6.07) is 8.73. The zero-order valence-electron chi connectivity index (χ0n) is 12.6. The summed E-state index contributed by atoms with van der Waals surface area (Å²) in [5.41, 5.74) is 0.617. The molecule has 0 bridgehead atoms. The fourth-order valence-corrected chi connectivity index (χ4v) is 1.72. The number of anilines is 1. The van der Waals surface area contributed by atoms with E-state index < -0.39 is 17.9 Å². The summed E-state index contributed by atoms with van der Waals surface area (Å²) in [4.78, 5) is 34.9. The van der Waals surface area contributed by atoms with Gasteiger partial charge in [-0.25, -0.2) is 4.79 Å². The first-order valence-electron chi connectivity index (χ1n) is 6.99. The molecule has 0 radical (unpaired) electrons. The Morgan fingerprint density at radius 3 is 2.35 bits per heavy atom. The Hall–Kier alpha value is -2.83. The van der Waals surface area contributed by atoms with E-state index in [-0.39, 0.29) is 26.3 Å². The predicted molar refractivity (Wildman–Crippen MR) is 83.0 cm³/mol. The van der Waals surface area contributed by atoms with Crippen molar-refractivity contribution in [2.45, 2.75) is 6.42 Å². The Balaban J connectivity index is 2.40. The molecule has 7 heteroatoms. The Labute approximate surface area is 134 Å². The van der Waals surface area contributed by atoms with E-state index in [4.69, 9.17) is 14.6 Å². The molecule has 0 aliphatic rings. The van der Waals surface area contributed by atoms with Crippen molar-refractivity contribution in [1.29, 1.82) is 0 Å². The molecule has 0 heterocycles. The van der Waals surface area contributed by atoms with Gasteiger partial charge in [-0.3, -0.25) is 9.59 Å². The summed E-state index contributed by atoms with van der Waals surface area (Å²) in [5.74, 6) is -2.13. The summed E-state index contributed by atoms with van der Waals surface area (Å²) < 4.78 is 9.74. The molecule has 0 aliphatic carbocycles. The van der Waals surface area contributed by atoms with Crippen molar-refractivity contribution in [3.63, 3.8) is 0 Å². The number of benzene rings is 1. The summed E-state index contributed by atoms with van der Waals surface area (Å²) in [7, 11) is 0. The third-order valence-electron chi connectivity index (χ3n) is 2.73. The molecule has 0 fully saturated rings. The SMILES string of the molecule is C=CC(=O)OCCCOC(=O)CN(CC(=O)O)c1ccccc1. The van der Waals surface area contributed by atoms with E-state index >= 15 is 0 Å². The largest absolute Gasteiger partial charge is 0.480 e. The van der Waals surface area contributed by atoms with Gasteiger partial charge in [-0.2, -0.15) is 0 Å². The maximum atomic E-state index is 11.8. The Morgan fingerprint density at radius 1 is 1.09 bits per heavy atom. The Kier molecular flexibility index (Phi) is 7.91. The number of hydrogen-bond donors (Lipinski definition) is 1. The molecule has 1 rings (SSSR count). The molecule has 0 aromatic heterocycles. The zero-order chi connectivity index (χ0) is 17.1. The molecular formula is C16H19NO6. The maximum absolute atomic E-state index is 11.8. The van der Waals surface area contributed by atoms with Crippen molar-refractivity contribution in [1.82, 2.24) is 0 Å². The number of aliphatic carboxylic acids is 1. The Bertz CT molecular complexity index is 543. The van der Waals surface area contributed by atoms with Crippen LogP contribution in [0.3, 0.4) is 0 Å². The van der Waals surface area contributed by atoms with Crippen LogP contribution in [0.5, 0.6) is 0 Å². The van der Waals surface area contributed by atoms with Crippen LogP contribution in [-0.2, 0) is 23.9 Å². The zero-order valence-corrected chi connectivity index (χ0v) is 12.6. The minimum absolute atomic E-state index is 0.0823. The smallest absolute Gasteiger partial charge is 0.330 e. The van der Waals surface area contributed by atoms with Crippen LogP contribution in [0.15, 0.2) is 43.0 Å². The molecule has 1 aromatic rings. The molecule has 0 amide bonds. The standard InChI is InChI=1S/C16H19NO6/c1-2-15(20)22-9-6-10-23-16(21)12-17(11-14(18)19)13-7-4-3-5-8-13/h2-5,7-8H,1,6,9-12H2,(H,18,19). The van der Waals surface area contributed by atoms with Crippen molar-refractivity contribution in [2.75, 3.05) is 31.2 Å². The normalized spacial score (nSPS) is 9.74. The van der Waals surface area contributed by atoms with E-state index in [1.165, 1.54) is 4.90 Å². The summed E-state index contributed by atoms with van der Waals surface area (Å²) in [5, 5.41) is 8.93. The van der Waals surface area contributed by atoms with Crippen molar-refractivity contribution in [3.05, 3.63) is 43.0 Å². The highest BCUT2D eigenvalue weighted by molar-refractivity contribution is 5.81. The van der Waals surface area contributed by atoms with Gasteiger partial charge in [0.1, 0.15) is 13.1 Å². The van der Waals surface area contributed by atoms with Crippen molar-refractivity contribution in [2.24, 2.45) is 0 Å². The molecule has 23 heavy (non-hydrogen) atoms. The molecule has 1 N–H and O–H groups in total. The average molecular weight is 321 g/mol. The highest BCUT2D eigenvalue weighted by Crippen LogP contribution is 2.12. The van der Waals surface area contributed by atoms with Gasteiger partial charge in [-0.05, 0) is 12.1 Å². The van der Waals surface area contributed by atoms with Gasteiger partial charge >= 0.3 is 17.9 Å². The molecule has 0 atom stereocenters. The minimum Gasteiger partial charge on any atom is -0.480 e. The fourth-order valence-electron chi connectivity index (χ4n) is 1.72. The van der Waals surface area contributed by atoms with Crippen LogP contribution in [0.4, 0.5) is 5.69 Å². The fraction of sp³-hybridized carbons (Fsp3) is 0.312. The van der Waals surface area contributed by atoms with Crippen LogP contribution in [0.1, 0.15) is 6.42 Å². The van der Waals surface area contributed by atoms with Gasteiger partial charge in [0, 0.05) is 18.2 Å². The second kappa shape index (κ2) is 9.99. The van der Waals surface area contributed by atoms with Crippen molar-refractivity contribution < 1.29 is 29.0 Å². The van der Waals surface area contributed by atoms with Gasteiger partial charge in [0.2, 0.25) is 0 Å². The van der Waals surface area contributed by atoms with Crippen LogP contribution in [0.25, 0.3) is 0 Å². The van der Waals surface area contributed by atoms with E-state index in [0.29, 0.717) is 12.1 Å². The third-order valence-corrected chi connectivity index (χ3v) is 2.73. The number of carboxylic acids is 1. The van der Waals surface area contributed by atoms with Gasteiger partial charge in [0.25, 0.3) is 0 Å². The molecule has 7 nitrogen and oxygen atoms in total. The van der Waals surface area contributed by atoms with Crippen LogP contribution in [0, 0.1) is 0 Å². The highest BCUT2D eigenvalue weighted by atomic mass is 16.5. The number of para-hydroxylation sites is 1. The lowest BCUT2D eigenvalue weighted by molar-refractivity contribution is -0.143. The van der Waals surface area contributed by atoms with Gasteiger partial charge < -0.3 is 19.5 Å². The first-order chi connectivity index (χ1) is 11.0. The molecule has 0 saturated carbocycles. The van der Waals surface area contributed by atoms with Crippen molar-refractivity contribution in [3.8, 4) is 0 Å². The van der Waals surface area contributed by atoms with Gasteiger partial charge in [-0.1, -0.05) is 24.8 Å². The second-order valence-corrected chi connectivity index (χ2v) is 4.53. The molecular weight excluding hydrogens is 302 g/mol.